The Labute approximate surface area is 113 Å². The molecule has 0 heterocycles. The Hall–Kier alpha value is -0.0300. The SMILES string of the molecule is CC(C)(C)[S+]([O-])N=Cc1cc(Cl)ccc1Br. The zero-order valence-electron chi connectivity index (χ0n) is 9.33. The number of benzene rings is 1. The van der Waals surface area contributed by atoms with Crippen LogP contribution in [0.4, 0.5) is 0 Å². The fourth-order valence-electron chi connectivity index (χ4n) is 0.876. The molecule has 0 saturated carbocycles. The molecule has 88 valence electrons. The molecule has 0 aliphatic rings. The molecular formula is C11H13BrClNOS. The molecule has 1 unspecified atom stereocenters. The monoisotopic (exact) mass is 321 g/mol. The lowest BCUT2D eigenvalue weighted by atomic mass is 10.2. The zero-order chi connectivity index (χ0) is 12.3. The van der Waals surface area contributed by atoms with Gasteiger partial charge in [-0.3, -0.25) is 0 Å². The molecule has 0 aromatic heterocycles. The van der Waals surface area contributed by atoms with Crippen molar-refractivity contribution in [3.8, 4) is 0 Å². The highest BCUT2D eigenvalue weighted by atomic mass is 79.9. The average molecular weight is 323 g/mol. The second-order valence-electron chi connectivity index (χ2n) is 4.26. The molecule has 0 amide bonds. The van der Waals surface area contributed by atoms with Gasteiger partial charge in [0.15, 0.2) is 0 Å². The summed E-state index contributed by atoms with van der Waals surface area (Å²) < 4.78 is 16.3. The molecule has 0 N–H and O–H groups in total. The molecule has 1 aromatic rings. The van der Waals surface area contributed by atoms with Crippen LogP contribution in [0.15, 0.2) is 27.1 Å². The molecule has 0 radical (unpaired) electrons. The Bertz CT molecular complexity index is 403. The Kier molecular flexibility index (Phi) is 4.86. The molecular weight excluding hydrogens is 310 g/mol. The minimum atomic E-state index is -1.25. The molecule has 0 bridgehead atoms. The first-order valence-electron chi connectivity index (χ1n) is 4.72. The van der Waals surface area contributed by atoms with Gasteiger partial charge in [0.25, 0.3) is 0 Å². The van der Waals surface area contributed by atoms with E-state index in [1.54, 1.807) is 18.3 Å². The van der Waals surface area contributed by atoms with E-state index < -0.39 is 11.4 Å². The maximum absolute atomic E-state index is 11.7. The van der Waals surface area contributed by atoms with Gasteiger partial charge in [-0.2, -0.15) is 0 Å². The second-order valence-corrected chi connectivity index (χ2v) is 7.49. The lowest BCUT2D eigenvalue weighted by Crippen LogP contribution is -2.25. The first kappa shape index (κ1) is 14.0. The summed E-state index contributed by atoms with van der Waals surface area (Å²) in [5.41, 5.74) is 0.824. The largest absolute Gasteiger partial charge is 0.591 e. The van der Waals surface area contributed by atoms with E-state index in [4.69, 9.17) is 11.6 Å². The molecule has 5 heteroatoms. The highest BCUT2D eigenvalue weighted by molar-refractivity contribution is 9.10. The van der Waals surface area contributed by atoms with Gasteiger partial charge in [-0.1, -0.05) is 31.9 Å². The minimum absolute atomic E-state index is 0.346. The van der Waals surface area contributed by atoms with E-state index in [1.165, 1.54) is 0 Å². The van der Waals surface area contributed by atoms with Crippen molar-refractivity contribution < 1.29 is 4.55 Å². The van der Waals surface area contributed by atoms with Crippen LogP contribution in [-0.4, -0.2) is 15.5 Å². The highest BCUT2D eigenvalue weighted by Crippen LogP contribution is 2.21. The summed E-state index contributed by atoms with van der Waals surface area (Å²) in [7, 11) is 0. The van der Waals surface area contributed by atoms with Crippen LogP contribution < -0.4 is 0 Å². The molecule has 0 spiro atoms. The third-order valence-electron chi connectivity index (χ3n) is 1.77. The normalized spacial score (nSPS) is 14.4. The predicted octanol–water partition coefficient (Wildman–Crippen LogP) is 3.98. The van der Waals surface area contributed by atoms with Crippen molar-refractivity contribution >= 4 is 45.1 Å². The molecule has 1 aromatic carbocycles. The van der Waals surface area contributed by atoms with Crippen molar-refractivity contribution in [1.29, 1.82) is 0 Å². The van der Waals surface area contributed by atoms with Gasteiger partial charge < -0.3 is 4.55 Å². The van der Waals surface area contributed by atoms with Crippen LogP contribution in [0.3, 0.4) is 0 Å². The van der Waals surface area contributed by atoms with E-state index in [9.17, 15) is 4.55 Å². The fraction of sp³-hybridized carbons (Fsp3) is 0.364. The molecule has 0 aliphatic carbocycles. The Morgan fingerprint density at radius 3 is 2.62 bits per heavy atom. The summed E-state index contributed by atoms with van der Waals surface area (Å²) in [5, 5.41) is 0.631. The van der Waals surface area contributed by atoms with Crippen molar-refractivity contribution in [3.05, 3.63) is 33.3 Å². The number of nitrogens with zero attached hydrogens (tertiary/aromatic N) is 1. The van der Waals surface area contributed by atoms with Crippen LogP contribution in [0.5, 0.6) is 0 Å². The van der Waals surface area contributed by atoms with Crippen LogP contribution >= 0.6 is 27.5 Å². The van der Waals surface area contributed by atoms with E-state index in [0.29, 0.717) is 5.02 Å². The first-order valence-corrected chi connectivity index (χ1v) is 6.99. The molecule has 0 fully saturated rings. The van der Waals surface area contributed by atoms with Crippen LogP contribution in [-0.2, 0) is 11.4 Å². The molecule has 2 nitrogen and oxygen atoms in total. The Balaban J connectivity index is 2.88. The lowest BCUT2D eigenvalue weighted by molar-refractivity contribution is 0.562. The maximum Gasteiger partial charge on any atom is 0.144 e. The number of hydrogen-bond acceptors (Lipinski definition) is 2. The van der Waals surface area contributed by atoms with Gasteiger partial charge >= 0.3 is 0 Å². The quantitative estimate of drug-likeness (QED) is 0.599. The standard InChI is InChI=1S/C11H13BrClNOS/c1-11(2,3)16(15)14-7-8-6-9(13)4-5-10(8)12/h4-7H,1-3H3. The molecule has 1 rings (SSSR count). The van der Waals surface area contributed by atoms with Crippen molar-refractivity contribution in [3.63, 3.8) is 0 Å². The van der Waals surface area contributed by atoms with Gasteiger partial charge in [-0.05, 0) is 39.0 Å². The van der Waals surface area contributed by atoms with E-state index in [-0.39, 0.29) is 4.75 Å². The van der Waals surface area contributed by atoms with Gasteiger partial charge in [0.1, 0.15) is 16.1 Å². The second kappa shape index (κ2) is 5.54. The van der Waals surface area contributed by atoms with Crippen molar-refractivity contribution in [2.24, 2.45) is 4.40 Å². The van der Waals surface area contributed by atoms with E-state index >= 15 is 0 Å². The summed E-state index contributed by atoms with van der Waals surface area (Å²) in [6, 6.07) is 5.39. The Morgan fingerprint density at radius 1 is 1.44 bits per heavy atom. The van der Waals surface area contributed by atoms with Crippen molar-refractivity contribution in [1.82, 2.24) is 0 Å². The van der Waals surface area contributed by atoms with Gasteiger partial charge in [0.2, 0.25) is 0 Å². The summed E-state index contributed by atoms with van der Waals surface area (Å²) in [6.45, 7) is 5.65. The summed E-state index contributed by atoms with van der Waals surface area (Å²) in [5.74, 6) is 0. The van der Waals surface area contributed by atoms with Crippen LogP contribution in [0.25, 0.3) is 0 Å². The molecule has 16 heavy (non-hydrogen) atoms. The number of halogens is 2. The van der Waals surface area contributed by atoms with Crippen molar-refractivity contribution in [2.45, 2.75) is 25.5 Å². The average Bonchev–Trinajstić information content (AvgIpc) is 2.17. The molecule has 0 saturated heterocycles. The summed E-state index contributed by atoms with van der Waals surface area (Å²) >= 11 is 8.00. The smallest absolute Gasteiger partial charge is 0.144 e. The topological polar surface area (TPSA) is 35.4 Å². The van der Waals surface area contributed by atoms with E-state index in [0.717, 1.165) is 10.0 Å². The predicted molar refractivity (Wildman–Crippen MR) is 74.6 cm³/mol. The van der Waals surface area contributed by atoms with Gasteiger partial charge in [0.05, 0.1) is 6.21 Å². The fourth-order valence-corrected chi connectivity index (χ4v) is 1.93. The summed E-state index contributed by atoms with van der Waals surface area (Å²) in [4.78, 5) is 0. The third-order valence-corrected chi connectivity index (χ3v) is 4.07. The third kappa shape index (κ3) is 4.09. The zero-order valence-corrected chi connectivity index (χ0v) is 12.5. The van der Waals surface area contributed by atoms with E-state index in [1.807, 2.05) is 26.8 Å². The van der Waals surface area contributed by atoms with Gasteiger partial charge in [0, 0.05) is 15.1 Å². The molecule has 0 aliphatic heterocycles. The van der Waals surface area contributed by atoms with Crippen LogP contribution in [0.2, 0.25) is 5.02 Å². The lowest BCUT2D eigenvalue weighted by Gasteiger charge is -2.17. The van der Waals surface area contributed by atoms with E-state index in [2.05, 4.69) is 20.3 Å². The van der Waals surface area contributed by atoms with Crippen LogP contribution in [0, 0.1) is 0 Å². The Morgan fingerprint density at radius 2 is 2.06 bits per heavy atom. The molecule has 1 atom stereocenters. The van der Waals surface area contributed by atoms with Gasteiger partial charge in [-0.15, -0.1) is 0 Å². The number of hydrogen-bond donors (Lipinski definition) is 0. The summed E-state index contributed by atoms with van der Waals surface area (Å²) in [6.07, 6.45) is 1.58. The highest BCUT2D eigenvalue weighted by Gasteiger charge is 2.25. The number of rotatable bonds is 2. The van der Waals surface area contributed by atoms with Crippen molar-refractivity contribution in [2.75, 3.05) is 0 Å². The minimum Gasteiger partial charge on any atom is -0.591 e. The first-order chi connectivity index (χ1) is 7.30. The van der Waals surface area contributed by atoms with Gasteiger partial charge in [-0.25, -0.2) is 0 Å². The maximum atomic E-state index is 11.7. The van der Waals surface area contributed by atoms with Crippen LogP contribution in [0.1, 0.15) is 26.3 Å².